The van der Waals surface area contributed by atoms with Gasteiger partial charge in [0.25, 0.3) is 0 Å². The van der Waals surface area contributed by atoms with Crippen molar-refractivity contribution in [1.82, 2.24) is 4.90 Å². The first kappa shape index (κ1) is 19.4. The zero-order chi connectivity index (χ0) is 19.7. The number of piperidine rings is 1. The van der Waals surface area contributed by atoms with Crippen LogP contribution < -0.4 is 4.74 Å². The largest absolute Gasteiger partial charge is 0.496 e. The number of carboxylic acid groups (broad SMARTS) is 1. The molecule has 146 valence electrons. The van der Waals surface area contributed by atoms with Gasteiger partial charge in [0, 0.05) is 14.7 Å². The number of likely N-dealkylation sites (tertiary alicyclic amines) is 1. The number of rotatable bonds is 5. The molecule has 2 atom stereocenters. The Morgan fingerprint density at radius 3 is 2.86 bits per heavy atom. The van der Waals surface area contributed by atoms with Crippen LogP contribution in [-0.4, -0.2) is 35.7 Å². The van der Waals surface area contributed by atoms with Crippen molar-refractivity contribution in [3.63, 3.8) is 0 Å². The lowest BCUT2D eigenvalue weighted by Crippen LogP contribution is -2.46. The second-order valence-corrected chi connectivity index (χ2v) is 8.89. The number of nitrogens with zero attached hydrogens (tertiary/aromatic N) is 1. The Bertz CT molecular complexity index is 1000. The molecule has 1 aliphatic rings. The van der Waals surface area contributed by atoms with Crippen molar-refractivity contribution in [2.45, 2.75) is 31.3 Å². The molecular weight excluding hydrogens is 438 g/mol. The molecule has 0 spiro atoms. The highest BCUT2D eigenvalue weighted by Gasteiger charge is 2.37. The van der Waals surface area contributed by atoms with Crippen LogP contribution in [-0.2, 0) is 4.79 Å². The second kappa shape index (κ2) is 8.23. The van der Waals surface area contributed by atoms with E-state index in [1.165, 1.54) is 10.1 Å². The Balaban J connectivity index is 1.93. The van der Waals surface area contributed by atoms with E-state index in [4.69, 9.17) is 4.74 Å². The van der Waals surface area contributed by atoms with Gasteiger partial charge in [0.15, 0.2) is 0 Å². The van der Waals surface area contributed by atoms with Gasteiger partial charge >= 0.3 is 5.97 Å². The molecule has 3 aromatic rings. The molecule has 4 nitrogen and oxygen atoms in total. The van der Waals surface area contributed by atoms with Gasteiger partial charge in [0.2, 0.25) is 0 Å². The fourth-order valence-electron chi connectivity index (χ4n) is 4.18. The summed E-state index contributed by atoms with van der Waals surface area (Å²) in [6, 6.07) is 13.6. The maximum atomic E-state index is 12.1. The van der Waals surface area contributed by atoms with Crippen LogP contribution in [0.15, 0.2) is 52.3 Å². The van der Waals surface area contributed by atoms with E-state index in [9.17, 15) is 9.90 Å². The number of halogens is 1. The van der Waals surface area contributed by atoms with Crippen LogP contribution in [0.3, 0.4) is 0 Å². The number of methoxy groups -OCH3 is 1. The lowest BCUT2D eigenvalue weighted by molar-refractivity contribution is -0.145. The minimum atomic E-state index is -0.752. The molecule has 1 aromatic heterocycles. The fourth-order valence-corrected chi connectivity index (χ4v) is 5.54. The molecule has 0 amide bonds. The average Bonchev–Trinajstić information content (AvgIpc) is 3.13. The van der Waals surface area contributed by atoms with Crippen molar-refractivity contribution in [2.75, 3.05) is 13.7 Å². The number of fused-ring (bicyclic) bond motifs is 1. The van der Waals surface area contributed by atoms with Crippen molar-refractivity contribution in [1.29, 1.82) is 0 Å². The Morgan fingerprint density at radius 1 is 1.25 bits per heavy atom. The number of carbonyl (C=O) groups is 1. The van der Waals surface area contributed by atoms with Crippen LogP contribution in [0.25, 0.3) is 10.1 Å². The molecular formula is C22H22BrNO3S. The minimum Gasteiger partial charge on any atom is -0.496 e. The predicted octanol–water partition coefficient (Wildman–Crippen LogP) is 5.70. The monoisotopic (exact) mass is 459 g/mol. The van der Waals surface area contributed by atoms with Crippen molar-refractivity contribution < 1.29 is 14.6 Å². The van der Waals surface area contributed by atoms with E-state index in [0.717, 1.165) is 40.7 Å². The van der Waals surface area contributed by atoms with Crippen LogP contribution in [0, 0.1) is 0 Å². The van der Waals surface area contributed by atoms with E-state index in [0.29, 0.717) is 6.42 Å². The third-order valence-corrected chi connectivity index (χ3v) is 6.93. The summed E-state index contributed by atoms with van der Waals surface area (Å²) >= 11 is 5.29. The van der Waals surface area contributed by atoms with Crippen molar-refractivity contribution in [2.24, 2.45) is 0 Å². The summed E-state index contributed by atoms with van der Waals surface area (Å²) in [5, 5.41) is 13.3. The SMILES string of the molecule is COc1ccc(Br)cc1C(c1csc2ccccc12)N1CCCCC1C(=O)O. The van der Waals surface area contributed by atoms with E-state index in [2.05, 4.69) is 44.4 Å². The second-order valence-electron chi connectivity index (χ2n) is 7.06. The topological polar surface area (TPSA) is 49.8 Å². The van der Waals surface area contributed by atoms with Gasteiger partial charge < -0.3 is 9.84 Å². The first-order valence-corrected chi connectivity index (χ1v) is 11.1. The van der Waals surface area contributed by atoms with E-state index < -0.39 is 12.0 Å². The molecule has 0 aliphatic carbocycles. The number of benzene rings is 2. The molecule has 0 bridgehead atoms. The Morgan fingerprint density at radius 2 is 2.07 bits per heavy atom. The first-order chi connectivity index (χ1) is 13.6. The van der Waals surface area contributed by atoms with Crippen LogP contribution >= 0.6 is 27.3 Å². The van der Waals surface area contributed by atoms with Crippen LogP contribution in [0.4, 0.5) is 0 Å². The van der Waals surface area contributed by atoms with Crippen molar-refractivity contribution >= 4 is 43.3 Å². The van der Waals surface area contributed by atoms with Gasteiger partial charge in [0.05, 0.1) is 13.2 Å². The summed E-state index contributed by atoms with van der Waals surface area (Å²) in [5.41, 5.74) is 2.14. The molecule has 6 heteroatoms. The van der Waals surface area contributed by atoms with E-state index in [-0.39, 0.29) is 6.04 Å². The van der Waals surface area contributed by atoms with Crippen LogP contribution in [0.5, 0.6) is 5.75 Å². The van der Waals surface area contributed by atoms with Gasteiger partial charge in [-0.05, 0) is 60.0 Å². The standard InChI is InChI=1S/C22H22BrNO3S/c1-27-19-10-9-14(23)12-16(19)21(24-11-5-4-7-18(24)22(25)26)17-13-28-20-8-3-2-6-15(17)20/h2-3,6,8-10,12-13,18,21H,4-5,7,11H2,1H3,(H,25,26). The Hall–Kier alpha value is -1.89. The van der Waals surface area contributed by atoms with Crippen LogP contribution in [0.2, 0.25) is 0 Å². The third kappa shape index (κ3) is 3.56. The van der Waals surface area contributed by atoms with Crippen LogP contribution in [0.1, 0.15) is 36.4 Å². The zero-order valence-electron chi connectivity index (χ0n) is 15.6. The average molecular weight is 460 g/mol. The number of hydrogen-bond acceptors (Lipinski definition) is 4. The number of carboxylic acids is 1. The molecule has 2 heterocycles. The third-order valence-electron chi connectivity index (χ3n) is 5.45. The Labute approximate surface area is 176 Å². The summed E-state index contributed by atoms with van der Waals surface area (Å²) < 4.78 is 7.85. The summed E-state index contributed by atoms with van der Waals surface area (Å²) in [7, 11) is 1.67. The maximum Gasteiger partial charge on any atom is 0.320 e. The van der Waals surface area contributed by atoms with Gasteiger partial charge in [-0.25, -0.2) is 0 Å². The maximum absolute atomic E-state index is 12.1. The molecule has 4 rings (SSSR count). The smallest absolute Gasteiger partial charge is 0.320 e. The number of ether oxygens (including phenoxy) is 1. The number of thiophene rings is 1. The Kier molecular flexibility index (Phi) is 5.71. The summed E-state index contributed by atoms with van der Waals surface area (Å²) in [6.45, 7) is 0.751. The van der Waals surface area contributed by atoms with Gasteiger partial charge in [0.1, 0.15) is 11.8 Å². The summed E-state index contributed by atoms with van der Waals surface area (Å²) in [5.74, 6) is 0.0244. The normalized spacial score (nSPS) is 18.9. The van der Waals surface area contributed by atoms with Gasteiger partial charge in [-0.15, -0.1) is 11.3 Å². The molecule has 0 saturated carbocycles. The summed E-state index contributed by atoms with van der Waals surface area (Å²) in [4.78, 5) is 14.2. The van der Waals surface area contributed by atoms with Gasteiger partial charge in [-0.3, -0.25) is 9.69 Å². The predicted molar refractivity (Wildman–Crippen MR) is 116 cm³/mol. The fraction of sp³-hybridized carbons (Fsp3) is 0.318. The highest BCUT2D eigenvalue weighted by Crippen LogP contribution is 2.43. The molecule has 1 N–H and O–H groups in total. The van der Waals surface area contributed by atoms with Gasteiger partial charge in [-0.2, -0.15) is 0 Å². The lowest BCUT2D eigenvalue weighted by atomic mass is 9.91. The quantitative estimate of drug-likeness (QED) is 0.531. The highest BCUT2D eigenvalue weighted by atomic mass is 79.9. The van der Waals surface area contributed by atoms with E-state index in [1.54, 1.807) is 18.4 Å². The molecule has 0 radical (unpaired) electrons. The molecule has 1 aliphatic heterocycles. The summed E-state index contributed by atoms with van der Waals surface area (Å²) in [6.07, 6.45) is 2.61. The lowest BCUT2D eigenvalue weighted by Gasteiger charge is -2.40. The number of hydrogen-bond donors (Lipinski definition) is 1. The van der Waals surface area contributed by atoms with Crippen molar-refractivity contribution in [3.8, 4) is 5.75 Å². The van der Waals surface area contributed by atoms with Crippen molar-refractivity contribution in [3.05, 3.63) is 63.4 Å². The molecule has 2 aromatic carbocycles. The number of aliphatic carboxylic acids is 1. The molecule has 2 unspecified atom stereocenters. The van der Waals surface area contributed by atoms with E-state index >= 15 is 0 Å². The van der Waals surface area contributed by atoms with Gasteiger partial charge in [-0.1, -0.05) is 40.5 Å². The molecule has 28 heavy (non-hydrogen) atoms. The van der Waals surface area contributed by atoms with E-state index in [1.807, 2.05) is 24.3 Å². The molecule has 1 fully saturated rings. The minimum absolute atomic E-state index is 0.176. The molecule has 1 saturated heterocycles. The first-order valence-electron chi connectivity index (χ1n) is 9.38. The highest BCUT2D eigenvalue weighted by molar-refractivity contribution is 9.10. The zero-order valence-corrected chi connectivity index (χ0v) is 18.0.